The van der Waals surface area contributed by atoms with Gasteiger partial charge in [-0.05, 0) is 37.0 Å². The monoisotopic (exact) mass is 230 g/mol. The standard InChI is InChI=1S/C13H23ClO/c1-10(2)13-7-6-12(15)9-11(13)5-3-4-8-14/h10-11,13H,3-9H2,1-2H3/t11-,13+/m0/s1. The number of unbranched alkanes of at least 4 members (excludes halogenated alkanes) is 1. The van der Waals surface area contributed by atoms with Crippen LogP contribution < -0.4 is 0 Å². The van der Waals surface area contributed by atoms with Crippen molar-refractivity contribution in [1.29, 1.82) is 0 Å². The third-order valence-corrected chi connectivity index (χ3v) is 3.93. The molecule has 1 saturated carbocycles. The fraction of sp³-hybridized carbons (Fsp3) is 0.923. The van der Waals surface area contributed by atoms with E-state index in [-0.39, 0.29) is 0 Å². The summed E-state index contributed by atoms with van der Waals surface area (Å²) in [4.78, 5) is 11.4. The summed E-state index contributed by atoms with van der Waals surface area (Å²) in [6, 6.07) is 0. The second-order valence-corrected chi connectivity index (χ2v) is 5.51. The van der Waals surface area contributed by atoms with Gasteiger partial charge in [-0.3, -0.25) is 4.79 Å². The average Bonchev–Trinajstić information content (AvgIpc) is 2.18. The molecule has 1 nitrogen and oxygen atoms in total. The Morgan fingerprint density at radius 1 is 1.40 bits per heavy atom. The van der Waals surface area contributed by atoms with Gasteiger partial charge in [0.1, 0.15) is 5.78 Å². The molecule has 0 bridgehead atoms. The van der Waals surface area contributed by atoms with Crippen LogP contribution in [0.5, 0.6) is 0 Å². The smallest absolute Gasteiger partial charge is 0.133 e. The maximum atomic E-state index is 11.4. The van der Waals surface area contributed by atoms with E-state index in [1.165, 1.54) is 12.8 Å². The van der Waals surface area contributed by atoms with E-state index in [0.717, 1.165) is 43.4 Å². The molecule has 0 aromatic heterocycles. The number of carbonyl (C=O) groups excluding carboxylic acids is 1. The molecule has 0 radical (unpaired) electrons. The zero-order valence-electron chi connectivity index (χ0n) is 9.97. The van der Waals surface area contributed by atoms with Crippen molar-refractivity contribution < 1.29 is 4.79 Å². The van der Waals surface area contributed by atoms with Gasteiger partial charge in [0.25, 0.3) is 0 Å². The lowest BCUT2D eigenvalue weighted by Gasteiger charge is -2.33. The largest absolute Gasteiger partial charge is 0.300 e. The number of rotatable bonds is 5. The van der Waals surface area contributed by atoms with Crippen molar-refractivity contribution >= 4 is 17.4 Å². The number of hydrogen-bond acceptors (Lipinski definition) is 1. The summed E-state index contributed by atoms with van der Waals surface area (Å²) >= 11 is 5.68. The van der Waals surface area contributed by atoms with Crippen LogP contribution in [0.3, 0.4) is 0 Å². The Morgan fingerprint density at radius 3 is 2.73 bits per heavy atom. The minimum Gasteiger partial charge on any atom is -0.300 e. The van der Waals surface area contributed by atoms with Crippen molar-refractivity contribution in [1.82, 2.24) is 0 Å². The maximum absolute atomic E-state index is 11.4. The predicted molar refractivity (Wildman–Crippen MR) is 65.2 cm³/mol. The van der Waals surface area contributed by atoms with Crippen molar-refractivity contribution in [3.8, 4) is 0 Å². The van der Waals surface area contributed by atoms with Gasteiger partial charge in [-0.15, -0.1) is 11.6 Å². The first-order valence-electron chi connectivity index (χ1n) is 6.22. The molecule has 1 aliphatic rings. The summed E-state index contributed by atoms with van der Waals surface area (Å²) in [6.07, 6.45) is 6.23. The molecule has 1 fully saturated rings. The van der Waals surface area contributed by atoms with Crippen molar-refractivity contribution in [2.24, 2.45) is 17.8 Å². The van der Waals surface area contributed by atoms with Crippen LogP contribution in [0.25, 0.3) is 0 Å². The van der Waals surface area contributed by atoms with Gasteiger partial charge in [-0.1, -0.05) is 20.3 Å². The Hall–Kier alpha value is -0.0400. The lowest BCUT2D eigenvalue weighted by Crippen LogP contribution is -2.28. The van der Waals surface area contributed by atoms with Crippen LogP contribution in [0, 0.1) is 17.8 Å². The first-order chi connectivity index (χ1) is 7.15. The normalized spacial score (nSPS) is 27.3. The van der Waals surface area contributed by atoms with Crippen molar-refractivity contribution in [3.63, 3.8) is 0 Å². The highest BCUT2D eigenvalue weighted by Gasteiger charge is 2.30. The average molecular weight is 231 g/mol. The summed E-state index contributed by atoms with van der Waals surface area (Å²) in [5.41, 5.74) is 0. The highest BCUT2D eigenvalue weighted by atomic mass is 35.5. The fourth-order valence-electron chi connectivity index (χ4n) is 2.80. The molecule has 2 atom stereocenters. The van der Waals surface area contributed by atoms with E-state index in [9.17, 15) is 4.79 Å². The van der Waals surface area contributed by atoms with E-state index in [1.807, 2.05) is 0 Å². The molecule has 2 heteroatoms. The number of Topliss-reactive ketones (excluding diaryl/α,β-unsaturated/α-hetero) is 1. The van der Waals surface area contributed by atoms with Crippen molar-refractivity contribution in [2.45, 2.75) is 52.4 Å². The van der Waals surface area contributed by atoms with E-state index in [2.05, 4.69) is 13.8 Å². The first kappa shape index (κ1) is 13.0. The van der Waals surface area contributed by atoms with Gasteiger partial charge < -0.3 is 0 Å². The Bertz CT molecular complexity index is 201. The molecular formula is C13H23ClO. The third-order valence-electron chi connectivity index (χ3n) is 3.67. The molecule has 0 aromatic carbocycles. The van der Waals surface area contributed by atoms with Gasteiger partial charge in [-0.2, -0.15) is 0 Å². The zero-order valence-corrected chi connectivity index (χ0v) is 10.7. The van der Waals surface area contributed by atoms with Gasteiger partial charge in [0.15, 0.2) is 0 Å². The second kappa shape index (κ2) is 6.52. The van der Waals surface area contributed by atoms with E-state index in [4.69, 9.17) is 11.6 Å². The summed E-state index contributed by atoms with van der Waals surface area (Å²) < 4.78 is 0. The molecule has 0 N–H and O–H groups in total. The lowest BCUT2D eigenvalue weighted by atomic mass is 9.71. The first-order valence-corrected chi connectivity index (χ1v) is 6.76. The number of ketones is 1. The van der Waals surface area contributed by atoms with Gasteiger partial charge in [0, 0.05) is 18.7 Å². The van der Waals surface area contributed by atoms with E-state index in [1.54, 1.807) is 0 Å². The summed E-state index contributed by atoms with van der Waals surface area (Å²) in [5.74, 6) is 3.35. The molecule has 1 aliphatic carbocycles. The molecule has 1 rings (SSSR count). The second-order valence-electron chi connectivity index (χ2n) is 5.13. The third kappa shape index (κ3) is 4.14. The molecular weight excluding hydrogens is 208 g/mol. The molecule has 15 heavy (non-hydrogen) atoms. The van der Waals surface area contributed by atoms with Gasteiger partial charge in [0.2, 0.25) is 0 Å². The topological polar surface area (TPSA) is 17.1 Å². The Kier molecular flexibility index (Phi) is 5.66. The number of alkyl halides is 1. The minimum absolute atomic E-state index is 0.475. The van der Waals surface area contributed by atoms with Gasteiger partial charge in [0.05, 0.1) is 0 Å². The molecule has 88 valence electrons. The number of carbonyl (C=O) groups is 1. The molecule has 0 heterocycles. The quantitative estimate of drug-likeness (QED) is 0.515. The Labute approximate surface area is 98.6 Å². The maximum Gasteiger partial charge on any atom is 0.133 e. The van der Waals surface area contributed by atoms with Gasteiger partial charge >= 0.3 is 0 Å². The van der Waals surface area contributed by atoms with Gasteiger partial charge in [-0.25, -0.2) is 0 Å². The molecule has 0 unspecified atom stereocenters. The van der Waals surface area contributed by atoms with E-state index in [0.29, 0.717) is 11.7 Å². The van der Waals surface area contributed by atoms with Crippen LogP contribution in [0.15, 0.2) is 0 Å². The number of hydrogen-bond donors (Lipinski definition) is 0. The molecule has 0 saturated heterocycles. The fourth-order valence-corrected chi connectivity index (χ4v) is 2.99. The van der Waals surface area contributed by atoms with Crippen LogP contribution in [0.1, 0.15) is 52.4 Å². The van der Waals surface area contributed by atoms with Crippen molar-refractivity contribution in [3.05, 3.63) is 0 Å². The number of halogens is 1. The molecule has 0 aliphatic heterocycles. The Morgan fingerprint density at radius 2 is 2.13 bits per heavy atom. The zero-order chi connectivity index (χ0) is 11.3. The van der Waals surface area contributed by atoms with E-state index < -0.39 is 0 Å². The Balaban J connectivity index is 2.43. The summed E-state index contributed by atoms with van der Waals surface area (Å²) in [6.45, 7) is 4.57. The van der Waals surface area contributed by atoms with Crippen LogP contribution in [-0.2, 0) is 4.79 Å². The summed E-state index contributed by atoms with van der Waals surface area (Å²) in [5, 5.41) is 0. The summed E-state index contributed by atoms with van der Waals surface area (Å²) in [7, 11) is 0. The van der Waals surface area contributed by atoms with Crippen LogP contribution >= 0.6 is 11.6 Å². The molecule has 0 aromatic rings. The van der Waals surface area contributed by atoms with Crippen molar-refractivity contribution in [2.75, 3.05) is 5.88 Å². The highest BCUT2D eigenvalue weighted by molar-refractivity contribution is 6.17. The minimum atomic E-state index is 0.475. The van der Waals surface area contributed by atoms with Crippen LogP contribution in [0.2, 0.25) is 0 Å². The molecule has 0 spiro atoms. The molecule has 0 amide bonds. The van der Waals surface area contributed by atoms with Crippen LogP contribution in [-0.4, -0.2) is 11.7 Å². The van der Waals surface area contributed by atoms with Crippen LogP contribution in [0.4, 0.5) is 0 Å². The lowest BCUT2D eigenvalue weighted by molar-refractivity contribution is -0.123. The highest BCUT2D eigenvalue weighted by Crippen LogP contribution is 2.36. The van der Waals surface area contributed by atoms with E-state index >= 15 is 0 Å². The SMILES string of the molecule is CC(C)[C@H]1CCC(=O)C[C@@H]1CCCCCl. The predicted octanol–water partition coefficient (Wildman–Crippen LogP) is 4.04.